The Bertz CT molecular complexity index is 527. The minimum Gasteiger partial charge on any atom is -0.383 e. The third-order valence-corrected chi connectivity index (χ3v) is 5.72. The molecule has 2 heterocycles. The molecule has 0 aromatic carbocycles. The molecule has 2 unspecified atom stereocenters. The van der Waals surface area contributed by atoms with Crippen LogP contribution in [0.15, 0.2) is 9.98 Å². The maximum atomic E-state index is 5.92. The molecule has 2 atom stereocenters. The van der Waals surface area contributed by atoms with Crippen LogP contribution in [0.25, 0.3) is 0 Å². The molecule has 8 heteroatoms. The van der Waals surface area contributed by atoms with Crippen molar-refractivity contribution in [2.45, 2.75) is 26.4 Å². The highest BCUT2D eigenvalue weighted by atomic mass is 16.5. The molecule has 0 spiro atoms. The SMILES string of the molecule is CCCN1CCN(CC(C)C(CN2CCN(CCOC)/C2=N/C)OC)/C1=N/C. The first kappa shape index (κ1) is 22.7. The lowest BCUT2D eigenvalue weighted by molar-refractivity contribution is 0.0368. The van der Waals surface area contributed by atoms with E-state index in [2.05, 4.69) is 43.4 Å². The Morgan fingerprint density at radius 2 is 1.39 bits per heavy atom. The molecule has 28 heavy (non-hydrogen) atoms. The van der Waals surface area contributed by atoms with Crippen LogP contribution in [0.4, 0.5) is 0 Å². The summed E-state index contributed by atoms with van der Waals surface area (Å²) >= 11 is 0. The summed E-state index contributed by atoms with van der Waals surface area (Å²) in [7, 11) is 7.34. The molecule has 0 radical (unpaired) electrons. The number of rotatable bonds is 11. The van der Waals surface area contributed by atoms with Crippen LogP contribution < -0.4 is 0 Å². The molecule has 2 fully saturated rings. The van der Waals surface area contributed by atoms with Crippen molar-refractivity contribution in [3.05, 3.63) is 0 Å². The number of ether oxygens (including phenoxy) is 2. The number of guanidine groups is 2. The van der Waals surface area contributed by atoms with E-state index in [0.717, 1.165) is 77.3 Å². The molecule has 0 bridgehead atoms. The van der Waals surface area contributed by atoms with Crippen LogP contribution in [-0.4, -0.2) is 125 Å². The molecular weight excluding hydrogens is 356 g/mol. The number of methoxy groups -OCH3 is 2. The van der Waals surface area contributed by atoms with Gasteiger partial charge in [0.1, 0.15) is 0 Å². The number of hydrogen-bond donors (Lipinski definition) is 0. The van der Waals surface area contributed by atoms with Crippen molar-refractivity contribution >= 4 is 11.9 Å². The van der Waals surface area contributed by atoms with E-state index in [1.54, 1.807) is 7.11 Å². The lowest BCUT2D eigenvalue weighted by Crippen LogP contribution is -2.45. The van der Waals surface area contributed by atoms with Gasteiger partial charge in [-0.05, 0) is 6.42 Å². The standard InChI is InChI=1S/C20H40N6O2/c1-7-8-23-9-11-25(19(23)21-3)15-17(2)18(28-6)16-26-12-10-24(13-14-27-5)20(26)22-4/h17-18H,7-16H2,1-6H3/b21-19+,22-20-. The highest BCUT2D eigenvalue weighted by Gasteiger charge is 2.32. The lowest BCUT2D eigenvalue weighted by atomic mass is 10.0. The second-order valence-corrected chi connectivity index (χ2v) is 7.66. The highest BCUT2D eigenvalue weighted by Crippen LogP contribution is 2.18. The summed E-state index contributed by atoms with van der Waals surface area (Å²) in [6.07, 6.45) is 1.30. The third-order valence-electron chi connectivity index (χ3n) is 5.72. The molecule has 2 aliphatic heterocycles. The second-order valence-electron chi connectivity index (χ2n) is 7.66. The molecule has 2 aliphatic rings. The maximum absolute atomic E-state index is 5.92. The van der Waals surface area contributed by atoms with Crippen LogP contribution in [0, 0.1) is 5.92 Å². The summed E-state index contributed by atoms with van der Waals surface area (Å²) in [4.78, 5) is 18.5. The maximum Gasteiger partial charge on any atom is 0.196 e. The topological polar surface area (TPSA) is 56.1 Å². The van der Waals surface area contributed by atoms with Gasteiger partial charge in [0.15, 0.2) is 11.9 Å². The monoisotopic (exact) mass is 396 g/mol. The molecule has 0 amide bonds. The first-order valence-electron chi connectivity index (χ1n) is 10.5. The van der Waals surface area contributed by atoms with Crippen molar-refractivity contribution in [1.82, 2.24) is 19.6 Å². The van der Waals surface area contributed by atoms with Crippen LogP contribution >= 0.6 is 0 Å². The zero-order chi connectivity index (χ0) is 20.5. The van der Waals surface area contributed by atoms with Crippen molar-refractivity contribution in [3.8, 4) is 0 Å². The molecule has 0 aliphatic carbocycles. The van der Waals surface area contributed by atoms with Crippen molar-refractivity contribution in [2.24, 2.45) is 15.9 Å². The first-order valence-corrected chi connectivity index (χ1v) is 10.5. The van der Waals surface area contributed by atoms with E-state index in [1.165, 1.54) is 0 Å². The average Bonchev–Trinajstić information content (AvgIpc) is 3.27. The van der Waals surface area contributed by atoms with Crippen LogP contribution in [0.2, 0.25) is 0 Å². The Labute approximate surface area is 171 Å². The van der Waals surface area contributed by atoms with Gasteiger partial charge in [-0.15, -0.1) is 0 Å². The van der Waals surface area contributed by atoms with Gasteiger partial charge in [0.25, 0.3) is 0 Å². The number of aliphatic imine (C=N–C) groups is 2. The fourth-order valence-electron chi connectivity index (χ4n) is 4.26. The Hall–Kier alpha value is -1.54. The second kappa shape index (κ2) is 11.5. The van der Waals surface area contributed by atoms with Gasteiger partial charge in [0.05, 0.1) is 12.7 Å². The number of hydrogen-bond acceptors (Lipinski definition) is 4. The van der Waals surface area contributed by atoms with E-state index in [0.29, 0.717) is 5.92 Å². The van der Waals surface area contributed by atoms with Crippen molar-refractivity contribution in [3.63, 3.8) is 0 Å². The van der Waals surface area contributed by atoms with Gasteiger partial charge in [-0.2, -0.15) is 0 Å². The minimum absolute atomic E-state index is 0.150. The first-order chi connectivity index (χ1) is 13.6. The van der Waals surface area contributed by atoms with Gasteiger partial charge >= 0.3 is 0 Å². The molecule has 0 aromatic heterocycles. The van der Waals surface area contributed by atoms with Gasteiger partial charge < -0.3 is 29.1 Å². The Balaban J connectivity index is 1.94. The largest absolute Gasteiger partial charge is 0.383 e. The molecule has 0 aromatic rings. The minimum atomic E-state index is 0.150. The smallest absolute Gasteiger partial charge is 0.196 e. The van der Waals surface area contributed by atoms with Crippen molar-refractivity contribution in [2.75, 3.05) is 87.3 Å². The van der Waals surface area contributed by atoms with Gasteiger partial charge in [0, 0.05) is 86.6 Å². The Morgan fingerprint density at radius 3 is 1.89 bits per heavy atom. The molecule has 2 saturated heterocycles. The fourth-order valence-corrected chi connectivity index (χ4v) is 4.26. The summed E-state index contributed by atoms with van der Waals surface area (Å²) in [5, 5.41) is 0. The predicted octanol–water partition coefficient (Wildman–Crippen LogP) is 0.901. The molecule has 162 valence electrons. The molecule has 0 saturated carbocycles. The van der Waals surface area contributed by atoms with Crippen molar-refractivity contribution in [1.29, 1.82) is 0 Å². The van der Waals surface area contributed by atoms with Gasteiger partial charge in [0.2, 0.25) is 0 Å². The lowest BCUT2D eigenvalue weighted by Gasteiger charge is -2.32. The highest BCUT2D eigenvalue weighted by molar-refractivity contribution is 5.82. The predicted molar refractivity (Wildman–Crippen MR) is 115 cm³/mol. The number of nitrogens with zero attached hydrogens (tertiary/aromatic N) is 6. The normalized spacial score (nSPS) is 22.8. The van der Waals surface area contributed by atoms with Crippen LogP contribution in [0.1, 0.15) is 20.3 Å². The quantitative estimate of drug-likeness (QED) is 0.517. The van der Waals surface area contributed by atoms with Crippen molar-refractivity contribution < 1.29 is 9.47 Å². The molecule has 8 nitrogen and oxygen atoms in total. The summed E-state index contributed by atoms with van der Waals surface area (Å²) in [6, 6.07) is 0. The summed E-state index contributed by atoms with van der Waals surface area (Å²) in [5.41, 5.74) is 0. The summed E-state index contributed by atoms with van der Waals surface area (Å²) in [5.74, 6) is 2.58. The van der Waals surface area contributed by atoms with E-state index in [9.17, 15) is 0 Å². The van der Waals surface area contributed by atoms with E-state index in [1.807, 2.05) is 21.2 Å². The zero-order valence-electron chi connectivity index (χ0n) is 18.7. The van der Waals surface area contributed by atoms with Gasteiger partial charge in [-0.3, -0.25) is 9.98 Å². The molecule has 0 N–H and O–H groups in total. The van der Waals surface area contributed by atoms with Gasteiger partial charge in [-0.1, -0.05) is 13.8 Å². The Kier molecular flexibility index (Phi) is 9.31. The summed E-state index contributed by atoms with van der Waals surface area (Å²) < 4.78 is 11.1. The van der Waals surface area contributed by atoms with Crippen LogP contribution in [0.3, 0.4) is 0 Å². The summed E-state index contributed by atoms with van der Waals surface area (Å²) in [6.45, 7) is 13.1. The molecule has 2 rings (SSSR count). The van der Waals surface area contributed by atoms with E-state index in [-0.39, 0.29) is 6.10 Å². The fraction of sp³-hybridized carbons (Fsp3) is 0.900. The third kappa shape index (κ3) is 5.50. The van der Waals surface area contributed by atoms with Gasteiger partial charge in [-0.25, -0.2) is 0 Å². The average molecular weight is 397 g/mol. The molecular formula is C20H40N6O2. The van der Waals surface area contributed by atoms with E-state index >= 15 is 0 Å². The Morgan fingerprint density at radius 1 is 0.857 bits per heavy atom. The van der Waals surface area contributed by atoms with Crippen LogP contribution in [-0.2, 0) is 9.47 Å². The van der Waals surface area contributed by atoms with E-state index in [4.69, 9.17) is 9.47 Å². The zero-order valence-corrected chi connectivity index (χ0v) is 18.7. The van der Waals surface area contributed by atoms with E-state index < -0.39 is 0 Å². The van der Waals surface area contributed by atoms with Crippen LogP contribution in [0.5, 0.6) is 0 Å².